The molecule has 0 spiro atoms. The molecule has 0 atom stereocenters. The fourth-order valence-electron chi connectivity index (χ4n) is 1.44. The van der Waals surface area contributed by atoms with E-state index in [-0.39, 0.29) is 6.61 Å². The lowest BCUT2D eigenvalue weighted by atomic mass is 10.2. The Labute approximate surface area is 107 Å². The Morgan fingerprint density at radius 1 is 1.11 bits per heavy atom. The minimum absolute atomic E-state index is 0.0983. The first-order chi connectivity index (χ1) is 8.76. The van der Waals surface area contributed by atoms with Gasteiger partial charge in [0.25, 0.3) is 0 Å². The summed E-state index contributed by atoms with van der Waals surface area (Å²) in [5.41, 5.74) is 0.689. The molecule has 1 N–H and O–H groups in total. The van der Waals surface area contributed by atoms with Crippen molar-refractivity contribution in [3.63, 3.8) is 0 Å². The second-order valence-electron chi connectivity index (χ2n) is 3.48. The third-order valence-electron chi connectivity index (χ3n) is 2.18. The van der Waals surface area contributed by atoms with Crippen LogP contribution in [0, 0.1) is 0 Å². The normalized spacial score (nSPS) is 9.67. The minimum atomic E-state index is -0.0983. The van der Waals surface area contributed by atoms with Crippen molar-refractivity contribution in [2.45, 2.75) is 6.61 Å². The van der Waals surface area contributed by atoms with E-state index in [9.17, 15) is 5.11 Å². The van der Waals surface area contributed by atoms with Crippen molar-refractivity contribution in [3.8, 4) is 17.2 Å². The highest BCUT2D eigenvalue weighted by Crippen LogP contribution is 2.38. The second-order valence-corrected chi connectivity index (χ2v) is 3.48. The van der Waals surface area contributed by atoms with E-state index in [0.717, 1.165) is 0 Å². The standard InChI is InChI=1S/C14H18O4/c1-4-6-17-12-8-11(10-15)9-13(14(12)16-3)18-7-5-2/h4-5,8-9,15H,1-2,6-7,10H2,3H3. The summed E-state index contributed by atoms with van der Waals surface area (Å²) in [6.07, 6.45) is 3.27. The van der Waals surface area contributed by atoms with Crippen molar-refractivity contribution in [1.29, 1.82) is 0 Å². The number of hydrogen-bond donors (Lipinski definition) is 1. The molecule has 0 heterocycles. The smallest absolute Gasteiger partial charge is 0.203 e. The zero-order valence-corrected chi connectivity index (χ0v) is 10.5. The molecule has 98 valence electrons. The van der Waals surface area contributed by atoms with Crippen molar-refractivity contribution in [2.24, 2.45) is 0 Å². The second kappa shape index (κ2) is 7.40. The summed E-state index contributed by atoms with van der Waals surface area (Å²) in [4.78, 5) is 0. The first-order valence-corrected chi connectivity index (χ1v) is 5.56. The minimum Gasteiger partial charge on any atom is -0.490 e. The summed E-state index contributed by atoms with van der Waals surface area (Å²) < 4.78 is 16.2. The van der Waals surface area contributed by atoms with Crippen LogP contribution in [0.1, 0.15) is 5.56 Å². The molecule has 0 amide bonds. The first kappa shape index (κ1) is 14.1. The fourth-order valence-corrected chi connectivity index (χ4v) is 1.44. The van der Waals surface area contributed by atoms with Gasteiger partial charge in [0.15, 0.2) is 11.5 Å². The third-order valence-corrected chi connectivity index (χ3v) is 2.18. The van der Waals surface area contributed by atoms with Gasteiger partial charge in [-0.2, -0.15) is 0 Å². The zero-order chi connectivity index (χ0) is 13.4. The van der Waals surface area contributed by atoms with Gasteiger partial charge in [-0.25, -0.2) is 0 Å². The summed E-state index contributed by atoms with van der Waals surface area (Å²) in [6, 6.07) is 3.42. The van der Waals surface area contributed by atoms with Gasteiger partial charge in [-0.15, -0.1) is 0 Å². The monoisotopic (exact) mass is 250 g/mol. The van der Waals surface area contributed by atoms with Gasteiger partial charge < -0.3 is 19.3 Å². The van der Waals surface area contributed by atoms with Crippen LogP contribution in [-0.2, 0) is 6.61 Å². The van der Waals surface area contributed by atoms with E-state index < -0.39 is 0 Å². The van der Waals surface area contributed by atoms with Gasteiger partial charge in [0.1, 0.15) is 13.2 Å². The van der Waals surface area contributed by atoms with Crippen LogP contribution in [-0.4, -0.2) is 25.4 Å². The van der Waals surface area contributed by atoms with Gasteiger partial charge in [0.05, 0.1) is 13.7 Å². The van der Waals surface area contributed by atoms with Crippen LogP contribution in [0.15, 0.2) is 37.4 Å². The molecule has 4 nitrogen and oxygen atoms in total. The lowest BCUT2D eigenvalue weighted by molar-refractivity contribution is 0.273. The molecule has 0 saturated heterocycles. The lowest BCUT2D eigenvalue weighted by Gasteiger charge is -2.15. The first-order valence-electron chi connectivity index (χ1n) is 5.56. The predicted octanol–water partition coefficient (Wildman–Crippen LogP) is 2.32. The molecule has 0 aliphatic carbocycles. The molecule has 1 aromatic rings. The molecule has 0 fully saturated rings. The molecule has 4 heteroatoms. The van der Waals surface area contributed by atoms with Crippen LogP contribution < -0.4 is 14.2 Å². The van der Waals surface area contributed by atoms with E-state index in [1.807, 2.05) is 0 Å². The Kier molecular flexibility index (Phi) is 5.80. The lowest BCUT2D eigenvalue weighted by Crippen LogP contribution is -2.02. The number of hydrogen-bond acceptors (Lipinski definition) is 4. The SMILES string of the molecule is C=CCOc1cc(CO)cc(OCC=C)c1OC. The van der Waals surface area contributed by atoms with Gasteiger partial charge in [0, 0.05) is 0 Å². The number of methoxy groups -OCH3 is 1. The van der Waals surface area contributed by atoms with Crippen LogP contribution >= 0.6 is 0 Å². The van der Waals surface area contributed by atoms with Gasteiger partial charge >= 0.3 is 0 Å². The van der Waals surface area contributed by atoms with Crippen molar-refractivity contribution in [3.05, 3.63) is 43.0 Å². The molecule has 0 bridgehead atoms. The molecule has 1 aromatic carbocycles. The van der Waals surface area contributed by atoms with E-state index in [0.29, 0.717) is 36.0 Å². The van der Waals surface area contributed by atoms with Crippen molar-refractivity contribution < 1.29 is 19.3 Å². The molecular weight excluding hydrogens is 232 g/mol. The highest BCUT2D eigenvalue weighted by Gasteiger charge is 2.13. The van der Waals surface area contributed by atoms with Crippen molar-refractivity contribution in [1.82, 2.24) is 0 Å². The Bertz CT molecular complexity index is 379. The van der Waals surface area contributed by atoms with E-state index in [1.54, 1.807) is 24.3 Å². The quantitative estimate of drug-likeness (QED) is 0.719. The molecule has 0 saturated carbocycles. The maximum Gasteiger partial charge on any atom is 0.203 e. The van der Waals surface area contributed by atoms with Crippen molar-refractivity contribution >= 4 is 0 Å². The van der Waals surface area contributed by atoms with Gasteiger partial charge in [-0.05, 0) is 17.7 Å². The molecule has 0 unspecified atom stereocenters. The summed E-state index contributed by atoms with van der Waals surface area (Å²) >= 11 is 0. The average Bonchev–Trinajstić information content (AvgIpc) is 2.41. The van der Waals surface area contributed by atoms with Gasteiger partial charge in [-0.3, -0.25) is 0 Å². The van der Waals surface area contributed by atoms with E-state index in [2.05, 4.69) is 13.2 Å². The average molecular weight is 250 g/mol. The van der Waals surface area contributed by atoms with E-state index >= 15 is 0 Å². The predicted molar refractivity (Wildman–Crippen MR) is 70.3 cm³/mol. The Balaban J connectivity index is 3.11. The van der Waals surface area contributed by atoms with Crippen LogP contribution in [0.4, 0.5) is 0 Å². The molecular formula is C14H18O4. The summed E-state index contributed by atoms with van der Waals surface area (Å²) in [6.45, 7) is 7.78. The Morgan fingerprint density at radius 2 is 1.61 bits per heavy atom. The third kappa shape index (κ3) is 3.53. The summed E-state index contributed by atoms with van der Waals surface area (Å²) in [7, 11) is 1.54. The van der Waals surface area contributed by atoms with Crippen molar-refractivity contribution in [2.75, 3.05) is 20.3 Å². The zero-order valence-electron chi connectivity index (χ0n) is 10.5. The van der Waals surface area contributed by atoms with Crippen LogP contribution in [0.3, 0.4) is 0 Å². The summed E-state index contributed by atoms with van der Waals surface area (Å²) in [5, 5.41) is 9.21. The highest BCUT2D eigenvalue weighted by atomic mass is 16.5. The largest absolute Gasteiger partial charge is 0.490 e. The number of rotatable bonds is 8. The Morgan fingerprint density at radius 3 is 1.94 bits per heavy atom. The maximum absolute atomic E-state index is 9.21. The van der Waals surface area contributed by atoms with Crippen LogP contribution in [0.25, 0.3) is 0 Å². The number of aliphatic hydroxyl groups excluding tert-OH is 1. The summed E-state index contributed by atoms with van der Waals surface area (Å²) in [5.74, 6) is 1.53. The maximum atomic E-state index is 9.21. The molecule has 0 radical (unpaired) electrons. The van der Waals surface area contributed by atoms with Gasteiger partial charge in [0.2, 0.25) is 5.75 Å². The highest BCUT2D eigenvalue weighted by molar-refractivity contribution is 5.53. The van der Waals surface area contributed by atoms with Gasteiger partial charge in [-0.1, -0.05) is 25.3 Å². The van der Waals surface area contributed by atoms with Crippen LogP contribution in [0.5, 0.6) is 17.2 Å². The molecule has 0 aliphatic rings. The van der Waals surface area contributed by atoms with Crippen LogP contribution in [0.2, 0.25) is 0 Å². The number of ether oxygens (including phenoxy) is 3. The van der Waals surface area contributed by atoms with E-state index in [4.69, 9.17) is 14.2 Å². The Hall–Kier alpha value is -1.94. The molecule has 1 rings (SSSR count). The number of benzene rings is 1. The molecule has 0 aliphatic heterocycles. The topological polar surface area (TPSA) is 47.9 Å². The fraction of sp³-hybridized carbons (Fsp3) is 0.286. The number of aliphatic hydroxyl groups is 1. The molecule has 18 heavy (non-hydrogen) atoms. The molecule has 0 aromatic heterocycles. The van der Waals surface area contributed by atoms with E-state index in [1.165, 1.54) is 7.11 Å².